The standard InChI is InChI=1S/C15H17F2N3S.HI/c1-15(2,13-4-3-7-21-13)9-19-14(18)20-12-8-10(16)5-6-11(12)17;/h3-8H,9H2,1-2H3,(H3,18,19,20);1H. The molecule has 3 N–H and O–H groups in total. The number of nitrogens with two attached hydrogens (primary N) is 1. The Balaban J connectivity index is 0.00000242. The molecule has 0 unspecified atom stereocenters. The normalized spacial score (nSPS) is 11.9. The number of nitrogens with zero attached hydrogens (tertiary/aromatic N) is 1. The van der Waals surface area contributed by atoms with E-state index in [-0.39, 0.29) is 41.0 Å². The van der Waals surface area contributed by atoms with E-state index in [9.17, 15) is 8.78 Å². The molecule has 3 nitrogen and oxygen atoms in total. The van der Waals surface area contributed by atoms with Crippen LogP contribution in [0.25, 0.3) is 0 Å². The van der Waals surface area contributed by atoms with Crippen LogP contribution in [0.2, 0.25) is 0 Å². The van der Waals surface area contributed by atoms with Crippen molar-refractivity contribution in [1.29, 1.82) is 0 Å². The molecular formula is C15H18F2IN3S. The van der Waals surface area contributed by atoms with E-state index in [2.05, 4.69) is 24.2 Å². The Hall–Kier alpha value is -1.22. The summed E-state index contributed by atoms with van der Waals surface area (Å²) in [4.78, 5) is 5.41. The summed E-state index contributed by atoms with van der Waals surface area (Å²) in [5.41, 5.74) is 5.55. The van der Waals surface area contributed by atoms with Crippen molar-refractivity contribution in [2.45, 2.75) is 19.3 Å². The largest absolute Gasteiger partial charge is 0.370 e. The lowest BCUT2D eigenvalue weighted by Gasteiger charge is -2.21. The van der Waals surface area contributed by atoms with Crippen LogP contribution in [0, 0.1) is 11.6 Å². The van der Waals surface area contributed by atoms with Crippen LogP contribution in [-0.4, -0.2) is 12.5 Å². The molecular weight excluding hydrogens is 419 g/mol. The van der Waals surface area contributed by atoms with Gasteiger partial charge in [-0.05, 0) is 23.6 Å². The van der Waals surface area contributed by atoms with Crippen LogP contribution < -0.4 is 11.1 Å². The molecule has 0 atom stereocenters. The summed E-state index contributed by atoms with van der Waals surface area (Å²) < 4.78 is 26.6. The second kappa shape index (κ2) is 7.87. The first kappa shape index (κ1) is 18.8. The van der Waals surface area contributed by atoms with Gasteiger partial charge in [0.2, 0.25) is 0 Å². The fraction of sp³-hybridized carbons (Fsp3) is 0.267. The Labute approximate surface area is 149 Å². The number of halogens is 3. The lowest BCUT2D eigenvalue weighted by atomic mass is 9.92. The molecule has 1 heterocycles. The molecule has 1 aromatic carbocycles. The van der Waals surface area contributed by atoms with Crippen LogP contribution in [0.3, 0.4) is 0 Å². The predicted molar refractivity (Wildman–Crippen MR) is 99.2 cm³/mol. The van der Waals surface area contributed by atoms with Gasteiger partial charge in [-0.3, -0.25) is 4.99 Å². The van der Waals surface area contributed by atoms with Gasteiger partial charge in [0.15, 0.2) is 5.96 Å². The maximum absolute atomic E-state index is 13.5. The second-order valence-corrected chi connectivity index (χ2v) is 6.26. The minimum Gasteiger partial charge on any atom is -0.370 e. The van der Waals surface area contributed by atoms with Crippen molar-refractivity contribution in [2.24, 2.45) is 10.7 Å². The third-order valence-electron chi connectivity index (χ3n) is 3.02. The Kier molecular flexibility index (Phi) is 6.73. The molecule has 0 amide bonds. The first-order valence-corrected chi connectivity index (χ1v) is 7.32. The van der Waals surface area contributed by atoms with Gasteiger partial charge < -0.3 is 11.1 Å². The number of hydrogen-bond acceptors (Lipinski definition) is 2. The van der Waals surface area contributed by atoms with Crippen molar-refractivity contribution in [2.75, 3.05) is 11.9 Å². The molecule has 0 radical (unpaired) electrons. The highest BCUT2D eigenvalue weighted by Crippen LogP contribution is 2.27. The van der Waals surface area contributed by atoms with Crippen molar-refractivity contribution >= 4 is 47.0 Å². The van der Waals surface area contributed by atoms with E-state index >= 15 is 0 Å². The van der Waals surface area contributed by atoms with Crippen molar-refractivity contribution in [3.8, 4) is 0 Å². The minimum atomic E-state index is -0.577. The number of nitrogens with one attached hydrogen (secondary N) is 1. The van der Waals surface area contributed by atoms with Crippen molar-refractivity contribution in [1.82, 2.24) is 0 Å². The van der Waals surface area contributed by atoms with Gasteiger partial charge in [-0.1, -0.05) is 19.9 Å². The quantitative estimate of drug-likeness (QED) is 0.425. The SMILES string of the molecule is CC(C)(CN=C(N)Nc1cc(F)ccc1F)c1cccs1.I. The van der Waals surface area contributed by atoms with Gasteiger partial charge in [-0.15, -0.1) is 35.3 Å². The summed E-state index contributed by atoms with van der Waals surface area (Å²) in [6.07, 6.45) is 0. The monoisotopic (exact) mass is 437 g/mol. The highest BCUT2D eigenvalue weighted by Gasteiger charge is 2.21. The van der Waals surface area contributed by atoms with Crippen LogP contribution in [0.5, 0.6) is 0 Å². The summed E-state index contributed by atoms with van der Waals surface area (Å²) in [5, 5.41) is 4.59. The number of hydrogen-bond donors (Lipinski definition) is 2. The first-order chi connectivity index (χ1) is 9.88. The molecule has 0 aliphatic heterocycles. The molecule has 0 saturated carbocycles. The van der Waals surface area contributed by atoms with Gasteiger partial charge in [0.1, 0.15) is 11.6 Å². The maximum Gasteiger partial charge on any atom is 0.193 e. The average molecular weight is 437 g/mol. The molecule has 22 heavy (non-hydrogen) atoms. The molecule has 120 valence electrons. The molecule has 0 aliphatic carbocycles. The zero-order valence-corrected chi connectivity index (χ0v) is 15.4. The Morgan fingerprint density at radius 3 is 2.68 bits per heavy atom. The van der Waals surface area contributed by atoms with Crippen molar-refractivity contribution < 1.29 is 8.78 Å². The molecule has 7 heteroatoms. The summed E-state index contributed by atoms with van der Waals surface area (Å²) in [7, 11) is 0. The van der Waals surface area contributed by atoms with Crippen LogP contribution in [-0.2, 0) is 5.41 Å². The number of guanidine groups is 1. The van der Waals surface area contributed by atoms with E-state index < -0.39 is 11.6 Å². The van der Waals surface area contributed by atoms with Crippen molar-refractivity contribution in [3.05, 3.63) is 52.2 Å². The van der Waals surface area contributed by atoms with Gasteiger partial charge in [-0.2, -0.15) is 0 Å². The summed E-state index contributed by atoms with van der Waals surface area (Å²) in [6, 6.07) is 7.15. The smallest absolute Gasteiger partial charge is 0.193 e. The maximum atomic E-state index is 13.5. The molecule has 2 aromatic rings. The molecule has 0 bridgehead atoms. The number of aliphatic imine (C=N–C) groups is 1. The van der Waals surface area contributed by atoms with Crippen LogP contribution >= 0.6 is 35.3 Å². The van der Waals surface area contributed by atoms with E-state index in [4.69, 9.17) is 5.73 Å². The molecule has 0 spiro atoms. The molecule has 2 rings (SSSR count). The van der Waals surface area contributed by atoms with Gasteiger partial charge >= 0.3 is 0 Å². The fourth-order valence-electron chi connectivity index (χ4n) is 1.80. The molecule has 1 aromatic heterocycles. The van der Waals surface area contributed by atoms with E-state index in [1.807, 2.05) is 17.5 Å². The highest BCUT2D eigenvalue weighted by molar-refractivity contribution is 14.0. The van der Waals surface area contributed by atoms with Gasteiger partial charge in [0.05, 0.1) is 12.2 Å². The zero-order valence-electron chi connectivity index (χ0n) is 12.3. The van der Waals surface area contributed by atoms with E-state index in [0.29, 0.717) is 6.54 Å². The predicted octanol–water partition coefficient (Wildman–Crippen LogP) is 4.35. The van der Waals surface area contributed by atoms with Gasteiger partial charge in [0.25, 0.3) is 0 Å². The molecule has 0 aliphatic rings. The van der Waals surface area contributed by atoms with E-state index in [1.165, 1.54) is 4.88 Å². The highest BCUT2D eigenvalue weighted by atomic mass is 127. The number of benzene rings is 1. The third-order valence-corrected chi connectivity index (χ3v) is 4.26. The van der Waals surface area contributed by atoms with Crippen molar-refractivity contribution in [3.63, 3.8) is 0 Å². The number of thiophene rings is 1. The van der Waals surface area contributed by atoms with Crippen LogP contribution in [0.1, 0.15) is 18.7 Å². The summed E-state index contributed by atoms with van der Waals surface area (Å²) in [6.45, 7) is 4.56. The third kappa shape index (κ3) is 4.91. The average Bonchev–Trinajstić information content (AvgIpc) is 2.96. The molecule has 0 fully saturated rings. The Morgan fingerprint density at radius 2 is 2.05 bits per heavy atom. The Bertz CT molecular complexity index is 642. The lowest BCUT2D eigenvalue weighted by Crippen LogP contribution is -2.27. The number of anilines is 1. The number of rotatable bonds is 4. The Morgan fingerprint density at radius 1 is 1.32 bits per heavy atom. The summed E-state index contributed by atoms with van der Waals surface area (Å²) in [5.74, 6) is -1.05. The lowest BCUT2D eigenvalue weighted by molar-refractivity contribution is 0.551. The van der Waals surface area contributed by atoms with E-state index in [0.717, 1.165) is 18.2 Å². The van der Waals surface area contributed by atoms with Crippen LogP contribution in [0.4, 0.5) is 14.5 Å². The van der Waals surface area contributed by atoms with Crippen LogP contribution in [0.15, 0.2) is 40.7 Å². The van der Waals surface area contributed by atoms with Gasteiger partial charge in [0, 0.05) is 16.4 Å². The molecule has 0 saturated heterocycles. The minimum absolute atomic E-state index is 0. The van der Waals surface area contributed by atoms with E-state index in [1.54, 1.807) is 11.3 Å². The fourth-order valence-corrected chi connectivity index (χ4v) is 2.64. The first-order valence-electron chi connectivity index (χ1n) is 6.44. The van der Waals surface area contributed by atoms with Gasteiger partial charge in [-0.25, -0.2) is 8.78 Å². The topological polar surface area (TPSA) is 50.4 Å². The summed E-state index contributed by atoms with van der Waals surface area (Å²) >= 11 is 1.65. The zero-order chi connectivity index (χ0) is 15.5. The second-order valence-electron chi connectivity index (χ2n) is 5.31.